The predicted octanol–water partition coefficient (Wildman–Crippen LogP) is 3.21. The summed E-state index contributed by atoms with van der Waals surface area (Å²) in [4.78, 5) is 8.43. The molecule has 1 N–H and O–H groups in total. The number of anilines is 1. The summed E-state index contributed by atoms with van der Waals surface area (Å²) in [5.74, 6) is 0. The maximum atomic E-state index is 13.4. The van der Waals surface area contributed by atoms with E-state index >= 15 is 0 Å². The first-order chi connectivity index (χ1) is 10.1. The molecule has 4 heterocycles. The summed E-state index contributed by atoms with van der Waals surface area (Å²) in [5.41, 5.74) is 1.10. The van der Waals surface area contributed by atoms with Gasteiger partial charge in [0.25, 0.3) is 6.43 Å². The lowest BCUT2D eigenvalue weighted by Gasteiger charge is -2.57. The third-order valence-electron chi connectivity index (χ3n) is 4.57. The van der Waals surface area contributed by atoms with E-state index in [-0.39, 0.29) is 5.56 Å². The molecule has 2 aromatic rings. The van der Waals surface area contributed by atoms with Gasteiger partial charge in [-0.25, -0.2) is 13.8 Å². The molecule has 0 amide bonds. The fourth-order valence-corrected chi connectivity index (χ4v) is 4.29. The van der Waals surface area contributed by atoms with Crippen LogP contribution in [0.3, 0.4) is 0 Å². The molecule has 0 saturated carbocycles. The van der Waals surface area contributed by atoms with Crippen LogP contribution in [0.25, 0.3) is 10.2 Å². The minimum atomic E-state index is -2.47. The summed E-state index contributed by atoms with van der Waals surface area (Å²) in [6, 6.07) is 2.04. The normalized spacial score (nSPS) is 20.1. The molecule has 6 heteroatoms. The van der Waals surface area contributed by atoms with Crippen LogP contribution in [0.5, 0.6) is 0 Å². The Labute approximate surface area is 126 Å². The quantitative estimate of drug-likeness (QED) is 0.943. The summed E-state index contributed by atoms with van der Waals surface area (Å²) in [6.07, 6.45) is -0.196. The van der Waals surface area contributed by atoms with Crippen LogP contribution in [0, 0.1) is 5.41 Å². The van der Waals surface area contributed by atoms with Gasteiger partial charge in [-0.05, 0) is 12.5 Å². The number of pyridine rings is 1. The largest absolute Gasteiger partial charge is 0.369 e. The van der Waals surface area contributed by atoms with Crippen molar-refractivity contribution in [2.24, 2.45) is 5.41 Å². The summed E-state index contributed by atoms with van der Waals surface area (Å²) in [6.45, 7) is 5.83. The molecular formula is C15H17F2N3S. The lowest BCUT2D eigenvalue weighted by molar-refractivity contribution is 0.118. The van der Waals surface area contributed by atoms with E-state index in [1.807, 2.05) is 6.07 Å². The average Bonchev–Trinajstić information content (AvgIpc) is 2.78. The number of halogens is 2. The zero-order valence-electron chi connectivity index (χ0n) is 11.8. The zero-order valence-corrected chi connectivity index (χ0v) is 12.6. The SMILES string of the molecule is CCc1cc2c(N3CC4(CNC4)C3)c(C(F)F)cnc2s1. The zero-order chi connectivity index (χ0) is 14.6. The lowest BCUT2D eigenvalue weighted by Crippen LogP contribution is -2.71. The molecule has 21 heavy (non-hydrogen) atoms. The molecular weight excluding hydrogens is 292 g/mol. The van der Waals surface area contributed by atoms with Gasteiger partial charge in [0.05, 0.1) is 11.3 Å². The Hall–Kier alpha value is -1.27. The van der Waals surface area contributed by atoms with E-state index < -0.39 is 6.43 Å². The highest BCUT2D eigenvalue weighted by Gasteiger charge is 2.48. The molecule has 0 atom stereocenters. The van der Waals surface area contributed by atoms with Crippen molar-refractivity contribution in [2.45, 2.75) is 19.8 Å². The van der Waals surface area contributed by atoms with Gasteiger partial charge in [-0.1, -0.05) is 6.92 Å². The molecule has 2 fully saturated rings. The first-order valence-corrected chi connectivity index (χ1v) is 8.09. The van der Waals surface area contributed by atoms with Gasteiger partial charge in [0.1, 0.15) is 4.83 Å². The molecule has 3 nitrogen and oxygen atoms in total. The van der Waals surface area contributed by atoms with Gasteiger partial charge in [-0.15, -0.1) is 11.3 Å². The van der Waals surface area contributed by atoms with Crippen LogP contribution < -0.4 is 10.2 Å². The van der Waals surface area contributed by atoms with Crippen molar-refractivity contribution in [1.82, 2.24) is 10.3 Å². The van der Waals surface area contributed by atoms with E-state index in [4.69, 9.17) is 0 Å². The highest BCUT2D eigenvalue weighted by atomic mass is 32.1. The van der Waals surface area contributed by atoms with E-state index in [1.54, 1.807) is 11.3 Å². The third kappa shape index (κ3) is 1.96. The minimum Gasteiger partial charge on any atom is -0.369 e. The second kappa shape index (κ2) is 4.61. The number of fused-ring (bicyclic) bond motifs is 1. The van der Waals surface area contributed by atoms with E-state index in [0.29, 0.717) is 11.1 Å². The average molecular weight is 309 g/mol. The number of thiophene rings is 1. The number of alkyl halides is 2. The van der Waals surface area contributed by atoms with Gasteiger partial charge < -0.3 is 10.2 Å². The van der Waals surface area contributed by atoms with Gasteiger partial charge in [0.2, 0.25) is 0 Å². The van der Waals surface area contributed by atoms with Gasteiger partial charge in [-0.3, -0.25) is 0 Å². The van der Waals surface area contributed by atoms with Crippen LogP contribution in [-0.2, 0) is 6.42 Å². The molecule has 1 spiro atoms. The van der Waals surface area contributed by atoms with Crippen LogP contribution >= 0.6 is 11.3 Å². The van der Waals surface area contributed by atoms with Crippen LogP contribution in [0.15, 0.2) is 12.3 Å². The smallest absolute Gasteiger partial charge is 0.267 e. The van der Waals surface area contributed by atoms with Crippen molar-refractivity contribution in [3.63, 3.8) is 0 Å². The number of aromatic nitrogens is 1. The van der Waals surface area contributed by atoms with Gasteiger partial charge >= 0.3 is 0 Å². The fraction of sp³-hybridized carbons (Fsp3) is 0.533. The molecule has 2 aliphatic rings. The highest BCUT2D eigenvalue weighted by Crippen LogP contribution is 2.45. The summed E-state index contributed by atoms with van der Waals surface area (Å²) in [5, 5.41) is 4.18. The summed E-state index contributed by atoms with van der Waals surface area (Å²) >= 11 is 1.61. The number of hydrogen-bond donors (Lipinski definition) is 1. The van der Waals surface area contributed by atoms with Crippen molar-refractivity contribution in [3.05, 3.63) is 22.7 Å². The molecule has 0 radical (unpaired) electrons. The second-order valence-electron chi connectivity index (χ2n) is 6.11. The Kier molecular flexibility index (Phi) is 2.94. The summed E-state index contributed by atoms with van der Waals surface area (Å²) in [7, 11) is 0. The van der Waals surface area contributed by atoms with E-state index in [2.05, 4.69) is 22.1 Å². The van der Waals surface area contributed by atoms with Crippen LogP contribution in [0.1, 0.15) is 23.8 Å². The topological polar surface area (TPSA) is 28.2 Å². The Morgan fingerprint density at radius 1 is 1.43 bits per heavy atom. The molecule has 0 aromatic carbocycles. The number of nitrogens with zero attached hydrogens (tertiary/aromatic N) is 2. The summed E-state index contributed by atoms with van der Waals surface area (Å²) < 4.78 is 26.8. The maximum Gasteiger partial charge on any atom is 0.267 e. The van der Waals surface area contributed by atoms with Gasteiger partial charge in [-0.2, -0.15) is 0 Å². The molecule has 0 bridgehead atoms. The van der Waals surface area contributed by atoms with E-state index in [0.717, 1.165) is 42.8 Å². The van der Waals surface area contributed by atoms with E-state index in [9.17, 15) is 8.78 Å². The number of nitrogens with one attached hydrogen (secondary N) is 1. The maximum absolute atomic E-state index is 13.4. The molecule has 2 aliphatic heterocycles. The first-order valence-electron chi connectivity index (χ1n) is 7.27. The number of hydrogen-bond acceptors (Lipinski definition) is 4. The van der Waals surface area contributed by atoms with Crippen molar-refractivity contribution >= 4 is 27.2 Å². The van der Waals surface area contributed by atoms with Crippen LogP contribution in [0.4, 0.5) is 14.5 Å². The monoisotopic (exact) mass is 309 g/mol. The molecule has 112 valence electrons. The standard InChI is InChI=1S/C15H17F2N3S/c1-2-9-3-10-12(20-7-15(8-20)5-18-6-15)11(13(16)17)4-19-14(10)21-9/h3-4,13,18H,2,5-8H2,1H3. The molecule has 0 unspecified atom stereocenters. The molecule has 2 aromatic heterocycles. The molecule has 4 rings (SSSR count). The van der Waals surface area contributed by atoms with Gasteiger partial charge in [0, 0.05) is 48.1 Å². The van der Waals surface area contributed by atoms with Crippen molar-refractivity contribution in [2.75, 3.05) is 31.1 Å². The Morgan fingerprint density at radius 2 is 2.19 bits per heavy atom. The van der Waals surface area contributed by atoms with Crippen LogP contribution in [0.2, 0.25) is 0 Å². The van der Waals surface area contributed by atoms with Crippen LogP contribution in [-0.4, -0.2) is 31.2 Å². The number of rotatable bonds is 3. The molecule has 2 saturated heterocycles. The fourth-order valence-electron chi connectivity index (χ4n) is 3.35. The van der Waals surface area contributed by atoms with Gasteiger partial charge in [0.15, 0.2) is 0 Å². The predicted molar refractivity (Wildman–Crippen MR) is 81.5 cm³/mol. The Balaban J connectivity index is 1.79. The first kappa shape index (κ1) is 13.4. The lowest BCUT2D eigenvalue weighted by atomic mass is 9.74. The van der Waals surface area contributed by atoms with Crippen molar-refractivity contribution in [1.29, 1.82) is 0 Å². The van der Waals surface area contributed by atoms with Crippen molar-refractivity contribution < 1.29 is 8.78 Å². The second-order valence-corrected chi connectivity index (χ2v) is 7.22. The highest BCUT2D eigenvalue weighted by molar-refractivity contribution is 7.18. The third-order valence-corrected chi connectivity index (χ3v) is 5.75. The number of aryl methyl sites for hydroxylation is 1. The van der Waals surface area contributed by atoms with E-state index in [1.165, 1.54) is 11.1 Å². The Bertz CT molecular complexity index is 686. The molecule has 0 aliphatic carbocycles. The minimum absolute atomic E-state index is 0.0742. The van der Waals surface area contributed by atoms with Crippen molar-refractivity contribution in [3.8, 4) is 0 Å². The Morgan fingerprint density at radius 3 is 2.76 bits per heavy atom.